The highest BCUT2D eigenvalue weighted by Gasteiger charge is 2.58. The Labute approximate surface area is 151 Å². The predicted molar refractivity (Wildman–Crippen MR) is 96.9 cm³/mol. The second-order valence-electron chi connectivity index (χ2n) is 8.84. The summed E-state index contributed by atoms with van der Waals surface area (Å²) in [5, 5.41) is 0. The quantitative estimate of drug-likeness (QED) is 0.688. The second kappa shape index (κ2) is 6.55. The van der Waals surface area contributed by atoms with Crippen molar-refractivity contribution in [3.63, 3.8) is 0 Å². The highest BCUT2D eigenvalue weighted by atomic mass is 16.5. The third kappa shape index (κ3) is 2.69. The van der Waals surface area contributed by atoms with Crippen LogP contribution in [0, 0.1) is 29.1 Å². The van der Waals surface area contributed by atoms with E-state index in [4.69, 9.17) is 4.74 Å². The number of allylic oxidation sites excluding steroid dienone is 1. The molecule has 6 atom stereocenters. The Morgan fingerprint density at radius 2 is 1.96 bits per heavy atom. The van der Waals surface area contributed by atoms with Crippen LogP contribution in [0.2, 0.25) is 0 Å². The van der Waals surface area contributed by atoms with E-state index in [1.165, 1.54) is 31.3 Å². The van der Waals surface area contributed by atoms with E-state index in [0.29, 0.717) is 24.0 Å². The molecule has 0 spiro atoms. The van der Waals surface area contributed by atoms with E-state index in [2.05, 4.69) is 6.92 Å². The number of hydrogen-bond donors (Lipinski definition) is 0. The summed E-state index contributed by atoms with van der Waals surface area (Å²) in [7, 11) is 0. The molecule has 4 aliphatic rings. The Hall–Kier alpha value is -1.12. The van der Waals surface area contributed by atoms with Crippen LogP contribution in [0.1, 0.15) is 78.1 Å². The van der Waals surface area contributed by atoms with Gasteiger partial charge in [0.1, 0.15) is 6.10 Å². The summed E-state index contributed by atoms with van der Waals surface area (Å²) in [6.45, 7) is 4.20. The van der Waals surface area contributed by atoms with Crippen molar-refractivity contribution in [2.24, 2.45) is 29.1 Å². The normalized spacial score (nSPS) is 42.9. The molecule has 3 saturated carbocycles. The number of ketones is 1. The lowest BCUT2D eigenvalue weighted by Gasteiger charge is -2.54. The molecular formula is C22H32O3. The van der Waals surface area contributed by atoms with Crippen molar-refractivity contribution < 1.29 is 14.3 Å². The summed E-state index contributed by atoms with van der Waals surface area (Å²) >= 11 is 0. The lowest BCUT2D eigenvalue weighted by molar-refractivity contribution is -0.160. The average molecular weight is 344 g/mol. The number of esters is 1. The van der Waals surface area contributed by atoms with Gasteiger partial charge in [-0.1, -0.05) is 19.4 Å². The van der Waals surface area contributed by atoms with Gasteiger partial charge in [-0.05, 0) is 81.1 Å². The minimum atomic E-state index is -0.0275. The van der Waals surface area contributed by atoms with E-state index in [0.717, 1.165) is 43.9 Å². The molecule has 0 aromatic heterocycles. The molecule has 4 aliphatic carbocycles. The molecule has 0 N–H and O–H groups in total. The van der Waals surface area contributed by atoms with Crippen LogP contribution in [-0.2, 0) is 14.3 Å². The number of hydrogen-bond acceptors (Lipinski definition) is 3. The van der Waals surface area contributed by atoms with E-state index in [-0.39, 0.29) is 17.5 Å². The molecular weight excluding hydrogens is 312 g/mol. The average Bonchev–Trinajstić information content (AvgIpc) is 3.00. The topological polar surface area (TPSA) is 43.4 Å². The zero-order chi connectivity index (χ0) is 17.6. The van der Waals surface area contributed by atoms with Gasteiger partial charge in [0.15, 0.2) is 5.78 Å². The molecule has 3 nitrogen and oxygen atoms in total. The third-order valence-corrected chi connectivity index (χ3v) is 8.16. The Balaban J connectivity index is 1.58. The maximum Gasteiger partial charge on any atom is 0.305 e. The largest absolute Gasteiger partial charge is 0.462 e. The van der Waals surface area contributed by atoms with Crippen LogP contribution in [0.25, 0.3) is 0 Å². The minimum Gasteiger partial charge on any atom is -0.462 e. The summed E-state index contributed by atoms with van der Waals surface area (Å²) < 4.78 is 5.93. The van der Waals surface area contributed by atoms with Crippen molar-refractivity contribution in [2.45, 2.75) is 84.2 Å². The van der Waals surface area contributed by atoms with E-state index in [9.17, 15) is 9.59 Å². The van der Waals surface area contributed by atoms with Gasteiger partial charge in [-0.25, -0.2) is 0 Å². The minimum absolute atomic E-state index is 0.0275. The van der Waals surface area contributed by atoms with Gasteiger partial charge >= 0.3 is 5.97 Å². The number of ether oxygens (including phenoxy) is 1. The molecule has 0 aliphatic heterocycles. The predicted octanol–water partition coefficient (Wildman–Crippen LogP) is 4.84. The molecule has 0 heterocycles. The molecule has 0 unspecified atom stereocenters. The third-order valence-electron chi connectivity index (χ3n) is 8.16. The highest BCUT2D eigenvalue weighted by molar-refractivity contribution is 5.91. The van der Waals surface area contributed by atoms with Crippen molar-refractivity contribution in [3.05, 3.63) is 11.6 Å². The van der Waals surface area contributed by atoms with Crippen molar-refractivity contribution in [2.75, 3.05) is 0 Å². The van der Waals surface area contributed by atoms with Crippen LogP contribution in [-0.4, -0.2) is 17.9 Å². The van der Waals surface area contributed by atoms with Gasteiger partial charge in [0.2, 0.25) is 0 Å². The molecule has 4 rings (SSSR count). The fourth-order valence-corrected chi connectivity index (χ4v) is 7.03. The van der Waals surface area contributed by atoms with E-state index in [1.807, 2.05) is 13.0 Å². The number of carbonyl (C=O) groups excluding carboxylic acids is 2. The van der Waals surface area contributed by atoms with Gasteiger partial charge in [-0.3, -0.25) is 9.59 Å². The summed E-state index contributed by atoms with van der Waals surface area (Å²) in [6, 6.07) is 0. The summed E-state index contributed by atoms with van der Waals surface area (Å²) in [4.78, 5) is 23.7. The van der Waals surface area contributed by atoms with E-state index >= 15 is 0 Å². The SMILES string of the molecule is CCC(=O)O[C@H]1CC[C@H]2[C@@H]3CCC4=CC(=O)CC[C@@H]4[C@H]3CC[C@]12CC. The smallest absolute Gasteiger partial charge is 0.305 e. The lowest BCUT2D eigenvalue weighted by Crippen LogP contribution is -2.49. The van der Waals surface area contributed by atoms with Gasteiger partial charge in [0.05, 0.1) is 0 Å². The molecule has 0 bridgehead atoms. The first-order valence-electron chi connectivity index (χ1n) is 10.5. The zero-order valence-electron chi connectivity index (χ0n) is 15.8. The van der Waals surface area contributed by atoms with Gasteiger partial charge in [-0.15, -0.1) is 0 Å². The Morgan fingerprint density at radius 3 is 2.72 bits per heavy atom. The monoisotopic (exact) mass is 344 g/mol. The zero-order valence-corrected chi connectivity index (χ0v) is 15.8. The van der Waals surface area contributed by atoms with Crippen LogP contribution in [0.15, 0.2) is 11.6 Å². The molecule has 0 amide bonds. The first kappa shape index (κ1) is 17.3. The van der Waals surface area contributed by atoms with Gasteiger partial charge < -0.3 is 4.74 Å². The van der Waals surface area contributed by atoms with Crippen LogP contribution in [0.3, 0.4) is 0 Å². The van der Waals surface area contributed by atoms with Gasteiger partial charge in [0, 0.05) is 18.3 Å². The van der Waals surface area contributed by atoms with Gasteiger partial charge in [0.25, 0.3) is 0 Å². The molecule has 0 saturated heterocycles. The molecule has 138 valence electrons. The summed E-state index contributed by atoms with van der Waals surface area (Å²) in [5.41, 5.74) is 1.67. The fraction of sp³-hybridized carbons (Fsp3) is 0.818. The standard InChI is InChI=1S/C22H32O3/c1-3-21(24)25-20-10-9-19-18-7-5-14-13-15(23)6-8-16(14)17(18)11-12-22(19,20)4-2/h13,16-20H,3-12H2,1-2H3/t16-,17+,18+,19-,20-,22-/m0/s1. The number of carbonyl (C=O) groups is 2. The van der Waals surface area contributed by atoms with Crippen molar-refractivity contribution in [1.82, 2.24) is 0 Å². The van der Waals surface area contributed by atoms with Crippen molar-refractivity contribution >= 4 is 11.8 Å². The molecule has 3 heteroatoms. The van der Waals surface area contributed by atoms with E-state index in [1.54, 1.807) is 0 Å². The first-order valence-corrected chi connectivity index (χ1v) is 10.5. The molecule has 25 heavy (non-hydrogen) atoms. The van der Waals surface area contributed by atoms with Crippen LogP contribution >= 0.6 is 0 Å². The maximum atomic E-state index is 11.9. The van der Waals surface area contributed by atoms with E-state index < -0.39 is 0 Å². The van der Waals surface area contributed by atoms with Crippen LogP contribution in [0.4, 0.5) is 0 Å². The fourth-order valence-electron chi connectivity index (χ4n) is 7.03. The van der Waals surface area contributed by atoms with Crippen molar-refractivity contribution in [1.29, 1.82) is 0 Å². The van der Waals surface area contributed by atoms with Crippen LogP contribution < -0.4 is 0 Å². The second-order valence-corrected chi connectivity index (χ2v) is 8.84. The van der Waals surface area contributed by atoms with Crippen LogP contribution in [0.5, 0.6) is 0 Å². The Morgan fingerprint density at radius 1 is 1.12 bits per heavy atom. The Bertz CT molecular complexity index is 592. The summed E-state index contributed by atoms with van der Waals surface area (Å²) in [6.07, 6.45) is 12.7. The highest BCUT2D eigenvalue weighted by Crippen LogP contribution is 2.63. The van der Waals surface area contributed by atoms with Gasteiger partial charge in [-0.2, -0.15) is 0 Å². The first-order chi connectivity index (χ1) is 12.1. The lowest BCUT2D eigenvalue weighted by atomic mass is 9.51. The summed E-state index contributed by atoms with van der Waals surface area (Å²) in [5.74, 6) is 3.22. The molecule has 0 radical (unpaired) electrons. The number of rotatable bonds is 3. The molecule has 0 aromatic rings. The molecule has 3 fully saturated rings. The number of fused-ring (bicyclic) bond motifs is 5. The maximum absolute atomic E-state index is 11.9. The molecule has 0 aromatic carbocycles. The van der Waals surface area contributed by atoms with Crippen molar-refractivity contribution in [3.8, 4) is 0 Å². The Kier molecular flexibility index (Phi) is 4.54.